The van der Waals surface area contributed by atoms with E-state index in [1.807, 2.05) is 49.6 Å². The van der Waals surface area contributed by atoms with E-state index in [-0.39, 0.29) is 5.69 Å². The first-order valence-electron chi connectivity index (χ1n) is 9.07. The molecule has 0 aliphatic heterocycles. The van der Waals surface area contributed by atoms with Gasteiger partial charge in [0.05, 0.1) is 11.4 Å². The van der Waals surface area contributed by atoms with Gasteiger partial charge in [-0.1, -0.05) is 23.6 Å². The van der Waals surface area contributed by atoms with E-state index in [9.17, 15) is 9.70 Å². The fraction of sp³-hybridized carbons (Fsp3) is 0.0870. The average Bonchev–Trinajstić information content (AvgIpc) is 2.78. The van der Waals surface area contributed by atoms with Crippen LogP contribution in [0.25, 0.3) is 29.0 Å². The highest BCUT2D eigenvalue weighted by atomic mass is 32.2. The van der Waals surface area contributed by atoms with Crippen LogP contribution in [0.1, 0.15) is 23.7 Å². The molecule has 2 aromatic heterocycles. The summed E-state index contributed by atoms with van der Waals surface area (Å²) in [5.41, 5.74) is 11.2. The Morgan fingerprint density at radius 1 is 1.17 bits per heavy atom. The van der Waals surface area contributed by atoms with E-state index in [2.05, 4.69) is 26.0 Å². The van der Waals surface area contributed by atoms with Crippen LogP contribution < -0.4 is 5.43 Å². The van der Waals surface area contributed by atoms with Crippen molar-refractivity contribution in [3.63, 3.8) is 0 Å². The van der Waals surface area contributed by atoms with Gasteiger partial charge in [-0.2, -0.15) is 0 Å². The molecule has 6 nitrogen and oxygen atoms in total. The molecule has 3 aromatic rings. The fourth-order valence-electron chi connectivity index (χ4n) is 3.32. The van der Waals surface area contributed by atoms with Crippen LogP contribution in [0.15, 0.2) is 74.8 Å². The normalized spacial score (nSPS) is 12.1. The molecular weight excluding hydrogens is 396 g/mol. The first kappa shape index (κ1) is 19.6. The molecule has 0 radical (unpaired) electrons. The Bertz CT molecular complexity index is 1360. The molecule has 0 spiro atoms. The van der Waals surface area contributed by atoms with Crippen LogP contribution in [0.3, 0.4) is 0 Å². The van der Waals surface area contributed by atoms with Gasteiger partial charge in [0.25, 0.3) is 0 Å². The number of hydrogen-bond acceptors (Lipinski definition) is 6. The minimum absolute atomic E-state index is 0.155. The van der Waals surface area contributed by atoms with Gasteiger partial charge < -0.3 is 4.57 Å². The third-order valence-corrected chi connectivity index (χ3v) is 5.17. The molecule has 4 rings (SSSR count). The zero-order valence-corrected chi connectivity index (χ0v) is 17.1. The molecule has 0 bridgehead atoms. The molecule has 0 saturated carbocycles. The molecule has 1 aliphatic carbocycles. The maximum Gasteiger partial charge on any atom is 0.211 e. The third kappa shape index (κ3) is 3.61. The number of fused-ring (bicyclic) bond motifs is 1. The van der Waals surface area contributed by atoms with Gasteiger partial charge in [0.1, 0.15) is 0 Å². The highest BCUT2D eigenvalue weighted by Crippen LogP contribution is 2.30. The summed E-state index contributed by atoms with van der Waals surface area (Å²) in [5, 5.41) is 2.88. The number of benzene rings is 1. The summed E-state index contributed by atoms with van der Waals surface area (Å²) in [4.78, 5) is 27.7. The van der Waals surface area contributed by atoms with Crippen LogP contribution in [0.2, 0.25) is 0 Å². The fourth-order valence-corrected chi connectivity index (χ4v) is 3.68. The summed E-state index contributed by atoms with van der Waals surface area (Å²) in [6, 6.07) is 9.17. The Labute approximate surface area is 177 Å². The smallest absolute Gasteiger partial charge is 0.211 e. The second kappa shape index (κ2) is 8.31. The van der Waals surface area contributed by atoms with E-state index in [0.717, 1.165) is 27.9 Å². The van der Waals surface area contributed by atoms with Gasteiger partial charge in [-0.25, -0.2) is 4.40 Å². The highest BCUT2D eigenvalue weighted by Gasteiger charge is 2.14. The molecule has 7 heteroatoms. The molecule has 1 aromatic carbocycles. The minimum Gasteiger partial charge on any atom is -0.313 e. The van der Waals surface area contributed by atoms with Crippen molar-refractivity contribution < 1.29 is 0 Å². The molecular formula is C23H16N4O2S. The molecule has 0 N–H and O–H groups in total. The van der Waals surface area contributed by atoms with Crippen LogP contribution >= 0.6 is 11.9 Å². The molecule has 30 heavy (non-hydrogen) atoms. The molecule has 2 heterocycles. The van der Waals surface area contributed by atoms with E-state index in [1.54, 1.807) is 17.0 Å². The standard InChI is InChI=1S/C23H16N4O2S/c1-15(26-30-2)22-11-23(28)21(25-29)14-27(22)18-8-5-7-16(10-18)20-13-24-12-17-6-3-4-9-19(17)20/h5-14H,1-2H3. The second-order valence-electron chi connectivity index (χ2n) is 6.55. The van der Waals surface area contributed by atoms with Crippen molar-refractivity contribution >= 4 is 35.5 Å². The Hall–Kier alpha value is -3.76. The lowest BCUT2D eigenvalue weighted by molar-refractivity contribution is 1.02. The number of nitroso groups, excluding NO2 is 1. The lowest BCUT2D eigenvalue weighted by Gasteiger charge is -2.16. The van der Waals surface area contributed by atoms with Crippen LogP contribution in [-0.4, -0.2) is 21.5 Å². The molecule has 0 atom stereocenters. The molecule has 1 aliphatic rings. The second-order valence-corrected chi connectivity index (χ2v) is 7.09. The van der Waals surface area contributed by atoms with Gasteiger partial charge in [0.2, 0.25) is 5.43 Å². The van der Waals surface area contributed by atoms with Crippen molar-refractivity contribution in [3.8, 4) is 16.8 Å². The zero-order valence-electron chi connectivity index (χ0n) is 16.3. The van der Waals surface area contributed by atoms with Crippen molar-refractivity contribution in [2.45, 2.75) is 6.92 Å². The largest absolute Gasteiger partial charge is 0.313 e. The van der Waals surface area contributed by atoms with Crippen molar-refractivity contribution in [2.75, 3.05) is 6.26 Å². The Balaban J connectivity index is 1.92. The predicted molar refractivity (Wildman–Crippen MR) is 122 cm³/mol. The van der Waals surface area contributed by atoms with Gasteiger partial charge in [0, 0.05) is 53.3 Å². The predicted octanol–water partition coefficient (Wildman–Crippen LogP) is 5.18. The first-order valence-corrected chi connectivity index (χ1v) is 10.2. The SMILES string of the molecule is CSN=C(C)c1cc(=O)c(N=O)cn1-c1cccc(-c2cncc3c2C=C=C=C3)c1. The highest BCUT2D eigenvalue weighted by molar-refractivity contribution is 7.97. The van der Waals surface area contributed by atoms with Gasteiger partial charge in [0.15, 0.2) is 5.69 Å². The lowest BCUT2D eigenvalue weighted by Crippen LogP contribution is -2.14. The lowest BCUT2D eigenvalue weighted by atomic mass is 9.96. The maximum absolute atomic E-state index is 12.2. The maximum atomic E-state index is 12.2. The van der Waals surface area contributed by atoms with E-state index in [1.165, 1.54) is 24.2 Å². The summed E-state index contributed by atoms with van der Waals surface area (Å²) in [5.74, 6) is 0. The summed E-state index contributed by atoms with van der Waals surface area (Å²) < 4.78 is 6.11. The van der Waals surface area contributed by atoms with Gasteiger partial charge in [-0.05, 0) is 53.9 Å². The van der Waals surface area contributed by atoms with E-state index >= 15 is 0 Å². The van der Waals surface area contributed by atoms with Crippen LogP contribution in [-0.2, 0) is 0 Å². The monoisotopic (exact) mass is 412 g/mol. The van der Waals surface area contributed by atoms with Crippen LogP contribution in [0, 0.1) is 4.91 Å². The Morgan fingerprint density at radius 3 is 2.80 bits per heavy atom. The van der Waals surface area contributed by atoms with Crippen LogP contribution in [0.4, 0.5) is 5.69 Å². The molecule has 146 valence electrons. The van der Waals surface area contributed by atoms with Gasteiger partial charge >= 0.3 is 0 Å². The number of rotatable bonds is 5. The summed E-state index contributed by atoms with van der Waals surface area (Å²) >= 11 is 1.30. The summed E-state index contributed by atoms with van der Waals surface area (Å²) in [6.45, 7) is 1.82. The van der Waals surface area contributed by atoms with Crippen LogP contribution in [0.5, 0.6) is 0 Å². The number of hydrogen-bond donors (Lipinski definition) is 0. The Morgan fingerprint density at radius 2 is 2.00 bits per heavy atom. The first-order chi connectivity index (χ1) is 14.6. The van der Waals surface area contributed by atoms with Crippen molar-refractivity contribution in [3.05, 3.63) is 92.3 Å². The molecule has 0 unspecified atom stereocenters. The minimum atomic E-state index is -0.437. The summed E-state index contributed by atoms with van der Waals surface area (Å²) in [6.07, 6.45) is 10.6. The van der Waals surface area contributed by atoms with Crippen molar-refractivity contribution in [1.82, 2.24) is 9.55 Å². The molecule has 0 amide bonds. The van der Waals surface area contributed by atoms with E-state index in [0.29, 0.717) is 11.4 Å². The number of pyridine rings is 2. The quantitative estimate of drug-likeness (QED) is 0.196. The van der Waals surface area contributed by atoms with E-state index in [4.69, 9.17) is 0 Å². The van der Waals surface area contributed by atoms with Gasteiger partial charge in [-0.3, -0.25) is 9.78 Å². The molecule has 0 fully saturated rings. The average molecular weight is 412 g/mol. The zero-order chi connectivity index (χ0) is 21.1. The third-order valence-electron chi connectivity index (χ3n) is 4.71. The van der Waals surface area contributed by atoms with Crippen molar-refractivity contribution in [2.24, 2.45) is 9.57 Å². The topological polar surface area (TPSA) is 76.7 Å². The number of aromatic nitrogens is 2. The Kier molecular flexibility index (Phi) is 5.42. The summed E-state index contributed by atoms with van der Waals surface area (Å²) in [7, 11) is 0. The number of nitrogens with zero attached hydrogens (tertiary/aromatic N) is 4. The van der Waals surface area contributed by atoms with E-state index < -0.39 is 5.43 Å². The van der Waals surface area contributed by atoms with Crippen molar-refractivity contribution in [1.29, 1.82) is 0 Å². The van der Waals surface area contributed by atoms with Gasteiger partial charge in [-0.15, -0.1) is 4.91 Å². The molecule has 0 saturated heterocycles.